The molecule has 0 spiro atoms. The number of hydrogen-bond acceptors (Lipinski definition) is 5. The first-order chi connectivity index (χ1) is 11.5. The van der Waals surface area contributed by atoms with Gasteiger partial charge in [-0.15, -0.1) is 11.3 Å². The molecule has 24 heavy (non-hydrogen) atoms. The summed E-state index contributed by atoms with van der Waals surface area (Å²) in [6.45, 7) is 1.85. The van der Waals surface area contributed by atoms with Gasteiger partial charge in [0.05, 0.1) is 23.0 Å². The number of carbonyl (C=O) groups is 1. The van der Waals surface area contributed by atoms with Crippen LogP contribution < -0.4 is 0 Å². The van der Waals surface area contributed by atoms with E-state index < -0.39 is 0 Å². The number of allylic oxidation sites excluding steroid dienone is 1. The number of thiazole rings is 1. The van der Waals surface area contributed by atoms with E-state index in [1.807, 2.05) is 45.6 Å². The average Bonchev–Trinajstić information content (AvgIpc) is 3.24. The van der Waals surface area contributed by atoms with E-state index in [0.29, 0.717) is 4.88 Å². The smallest absolute Gasteiger partial charge is 0.197 e. The summed E-state index contributed by atoms with van der Waals surface area (Å²) < 4.78 is 3.44. The quantitative estimate of drug-likeness (QED) is 0.529. The minimum atomic E-state index is -0.0464. The van der Waals surface area contributed by atoms with Crippen molar-refractivity contribution >= 4 is 35.3 Å². The molecule has 3 heterocycles. The molecule has 3 aromatic heterocycles. The van der Waals surface area contributed by atoms with Gasteiger partial charge in [-0.05, 0) is 31.2 Å². The number of carbonyl (C=O) groups excluding carboxylic acids is 1. The van der Waals surface area contributed by atoms with Gasteiger partial charge in [-0.1, -0.05) is 0 Å². The van der Waals surface area contributed by atoms with Crippen molar-refractivity contribution in [2.45, 2.75) is 6.92 Å². The van der Waals surface area contributed by atoms with Crippen molar-refractivity contribution in [3.05, 3.63) is 57.6 Å². The van der Waals surface area contributed by atoms with Crippen LogP contribution >= 0.6 is 11.3 Å². The highest BCUT2D eigenvalue weighted by Crippen LogP contribution is 2.21. The molecule has 0 fully saturated rings. The molecule has 0 N–H and O–H groups in total. The normalized spacial score (nSPS) is 11.8. The van der Waals surface area contributed by atoms with Gasteiger partial charge in [0.25, 0.3) is 0 Å². The van der Waals surface area contributed by atoms with Crippen molar-refractivity contribution in [2.75, 3.05) is 0 Å². The van der Waals surface area contributed by atoms with Crippen molar-refractivity contribution in [3.8, 4) is 0 Å². The molecule has 3 aromatic rings. The summed E-state index contributed by atoms with van der Waals surface area (Å²) in [5.41, 5.74) is 2.63. The van der Waals surface area contributed by atoms with E-state index in [9.17, 15) is 4.79 Å². The van der Waals surface area contributed by atoms with Crippen molar-refractivity contribution in [3.63, 3.8) is 0 Å². The largest absolute Gasteiger partial charge is 0.288 e. The highest BCUT2D eigenvalue weighted by atomic mass is 32.1. The summed E-state index contributed by atoms with van der Waals surface area (Å²) in [7, 11) is 3.71. The molecule has 0 amide bonds. The molecule has 0 aliphatic rings. The fourth-order valence-electron chi connectivity index (χ4n) is 2.18. The number of aromatic nitrogens is 5. The van der Waals surface area contributed by atoms with Crippen molar-refractivity contribution in [2.24, 2.45) is 14.1 Å². The van der Waals surface area contributed by atoms with Crippen LogP contribution in [0.4, 0.5) is 0 Å². The van der Waals surface area contributed by atoms with Crippen molar-refractivity contribution in [1.29, 1.82) is 0 Å². The lowest BCUT2D eigenvalue weighted by Crippen LogP contribution is -1.92. The van der Waals surface area contributed by atoms with E-state index in [4.69, 9.17) is 0 Å². The molecule has 0 radical (unpaired) electrons. The van der Waals surface area contributed by atoms with E-state index in [0.717, 1.165) is 21.8 Å². The van der Waals surface area contributed by atoms with Crippen LogP contribution in [0.1, 0.15) is 31.5 Å². The van der Waals surface area contributed by atoms with E-state index in [1.165, 1.54) is 11.3 Å². The second-order valence-electron chi connectivity index (χ2n) is 5.39. The van der Waals surface area contributed by atoms with E-state index in [-0.39, 0.29) is 5.78 Å². The zero-order valence-electron chi connectivity index (χ0n) is 13.7. The number of aryl methyl sites for hydroxylation is 3. The highest BCUT2D eigenvalue weighted by molar-refractivity contribution is 7.14. The Balaban J connectivity index is 1.74. The van der Waals surface area contributed by atoms with Gasteiger partial charge in [0.15, 0.2) is 5.78 Å². The van der Waals surface area contributed by atoms with Gasteiger partial charge in [-0.2, -0.15) is 10.2 Å². The maximum atomic E-state index is 12.4. The molecule has 7 heteroatoms. The number of ketones is 1. The van der Waals surface area contributed by atoms with Crippen molar-refractivity contribution in [1.82, 2.24) is 24.5 Å². The van der Waals surface area contributed by atoms with E-state index >= 15 is 0 Å². The Hall–Kier alpha value is -2.80. The van der Waals surface area contributed by atoms with Crippen LogP contribution in [0, 0.1) is 6.92 Å². The minimum absolute atomic E-state index is 0.0464. The Kier molecular flexibility index (Phi) is 4.52. The Morgan fingerprint density at radius 1 is 1.04 bits per heavy atom. The third kappa shape index (κ3) is 3.75. The summed E-state index contributed by atoms with van der Waals surface area (Å²) >= 11 is 1.39. The van der Waals surface area contributed by atoms with Gasteiger partial charge < -0.3 is 0 Å². The van der Waals surface area contributed by atoms with E-state index in [2.05, 4.69) is 15.2 Å². The number of rotatable bonds is 5. The summed E-state index contributed by atoms with van der Waals surface area (Å²) in [6.07, 6.45) is 14.4. The molecule has 0 saturated carbocycles. The topological polar surface area (TPSA) is 65.6 Å². The summed E-state index contributed by atoms with van der Waals surface area (Å²) in [5.74, 6) is -0.0464. The molecule has 0 aliphatic carbocycles. The van der Waals surface area contributed by atoms with Crippen LogP contribution in [-0.2, 0) is 14.1 Å². The Bertz CT molecular complexity index is 929. The fraction of sp³-hybridized carbons (Fsp3) is 0.176. The molecule has 6 nitrogen and oxygen atoms in total. The average molecular weight is 339 g/mol. The lowest BCUT2D eigenvalue weighted by molar-refractivity contribution is 0.105. The zero-order valence-corrected chi connectivity index (χ0v) is 14.5. The fourth-order valence-corrected chi connectivity index (χ4v) is 3.07. The van der Waals surface area contributed by atoms with Gasteiger partial charge in [0.2, 0.25) is 0 Å². The lowest BCUT2D eigenvalue weighted by Gasteiger charge is -1.90. The maximum absolute atomic E-state index is 12.4. The summed E-state index contributed by atoms with van der Waals surface area (Å²) in [5, 5.41) is 8.99. The third-order valence-corrected chi connectivity index (χ3v) is 4.47. The highest BCUT2D eigenvalue weighted by Gasteiger charge is 2.11. The van der Waals surface area contributed by atoms with Crippen LogP contribution in [0.5, 0.6) is 0 Å². The number of hydrogen-bond donors (Lipinski definition) is 0. The van der Waals surface area contributed by atoms with Crippen molar-refractivity contribution < 1.29 is 4.79 Å². The molecular weight excluding hydrogens is 322 g/mol. The predicted molar refractivity (Wildman–Crippen MR) is 95.6 cm³/mol. The molecule has 122 valence electrons. The molecule has 0 aromatic carbocycles. The van der Waals surface area contributed by atoms with Gasteiger partial charge in [0.1, 0.15) is 5.01 Å². The number of nitrogens with zero attached hydrogens (tertiary/aromatic N) is 5. The Morgan fingerprint density at radius 2 is 1.67 bits per heavy atom. The van der Waals surface area contributed by atoms with Gasteiger partial charge in [-0.3, -0.25) is 14.2 Å². The van der Waals surface area contributed by atoms with Crippen LogP contribution in [0.2, 0.25) is 0 Å². The SMILES string of the molecule is Cc1nc(/C=C/c2cnn(C)c2)sc1C(=O)/C=C\c1cnn(C)c1. The summed E-state index contributed by atoms with van der Waals surface area (Å²) in [6, 6.07) is 0. The van der Waals surface area contributed by atoms with Gasteiger partial charge in [-0.25, -0.2) is 4.98 Å². The molecule has 3 rings (SSSR count). The zero-order chi connectivity index (χ0) is 17.1. The molecule has 0 bridgehead atoms. The standard InChI is InChI=1S/C17H17N5OS/c1-12-17(15(23)6-4-13-8-18-21(2)10-13)24-16(20-12)7-5-14-9-19-22(3)11-14/h4-11H,1-3H3/b6-4-,7-5+. The van der Waals surface area contributed by atoms with Crippen LogP contribution in [-0.4, -0.2) is 30.3 Å². The first kappa shape index (κ1) is 16.1. The van der Waals surface area contributed by atoms with Crippen LogP contribution in [0.25, 0.3) is 18.2 Å². The van der Waals surface area contributed by atoms with E-state index in [1.54, 1.807) is 33.9 Å². The molecule has 0 saturated heterocycles. The minimum Gasteiger partial charge on any atom is -0.288 e. The third-order valence-electron chi connectivity index (χ3n) is 3.33. The Morgan fingerprint density at radius 3 is 2.25 bits per heavy atom. The second kappa shape index (κ2) is 6.76. The monoisotopic (exact) mass is 339 g/mol. The molecular formula is C17H17N5OS. The summed E-state index contributed by atoms with van der Waals surface area (Å²) in [4.78, 5) is 17.5. The molecule has 0 aliphatic heterocycles. The predicted octanol–water partition coefficient (Wildman–Crippen LogP) is 2.99. The van der Waals surface area contributed by atoms with Crippen LogP contribution in [0.3, 0.4) is 0 Å². The van der Waals surface area contributed by atoms with Gasteiger partial charge in [0, 0.05) is 37.6 Å². The van der Waals surface area contributed by atoms with Crippen LogP contribution in [0.15, 0.2) is 30.9 Å². The second-order valence-corrected chi connectivity index (χ2v) is 6.42. The van der Waals surface area contributed by atoms with Gasteiger partial charge >= 0.3 is 0 Å². The Labute approximate surface area is 143 Å². The lowest BCUT2D eigenvalue weighted by atomic mass is 10.2. The maximum Gasteiger partial charge on any atom is 0.197 e. The first-order valence-corrected chi connectivity index (χ1v) is 8.18. The molecule has 0 atom stereocenters. The first-order valence-electron chi connectivity index (χ1n) is 7.36. The molecule has 0 unspecified atom stereocenters.